The number of hydrogen-bond donors (Lipinski definition) is 1. The van der Waals surface area contributed by atoms with Crippen LogP contribution in [-0.4, -0.2) is 21.0 Å². The molecule has 0 aliphatic heterocycles. The molecule has 162 valence electrons. The summed E-state index contributed by atoms with van der Waals surface area (Å²) >= 11 is 0. The van der Waals surface area contributed by atoms with Crippen molar-refractivity contribution < 1.29 is 9.84 Å². The minimum Gasteiger partial charge on any atom is -0.507 e. The van der Waals surface area contributed by atoms with Gasteiger partial charge in [-0.15, -0.1) is 0 Å². The third kappa shape index (κ3) is 3.94. The van der Waals surface area contributed by atoms with Crippen molar-refractivity contribution in [2.24, 2.45) is 5.10 Å². The number of benzene rings is 4. The summed E-state index contributed by atoms with van der Waals surface area (Å²) in [6, 6.07) is 25.9. The lowest BCUT2D eigenvalue weighted by atomic mass is 10.0. The summed E-state index contributed by atoms with van der Waals surface area (Å²) in [5, 5.41) is 17.2. The van der Waals surface area contributed by atoms with Crippen molar-refractivity contribution in [1.29, 1.82) is 0 Å². The topological polar surface area (TPSA) is 76.7 Å². The molecule has 33 heavy (non-hydrogen) atoms. The van der Waals surface area contributed by atoms with Crippen LogP contribution in [0, 0.1) is 6.92 Å². The fourth-order valence-corrected chi connectivity index (χ4v) is 3.78. The molecule has 5 rings (SSSR count). The number of rotatable bonds is 5. The fraction of sp³-hybridized carbons (Fsp3) is 0.0741. The van der Waals surface area contributed by atoms with E-state index in [0.29, 0.717) is 28.0 Å². The Morgan fingerprint density at radius 1 is 0.939 bits per heavy atom. The molecule has 6 nitrogen and oxygen atoms in total. The summed E-state index contributed by atoms with van der Waals surface area (Å²) in [4.78, 5) is 17.9. The highest BCUT2D eigenvalue weighted by Gasteiger charge is 2.12. The molecule has 0 aliphatic rings. The smallest absolute Gasteiger partial charge is 0.282 e. The first-order valence-corrected chi connectivity index (χ1v) is 10.6. The van der Waals surface area contributed by atoms with E-state index in [4.69, 9.17) is 4.74 Å². The normalized spacial score (nSPS) is 11.4. The fourth-order valence-electron chi connectivity index (χ4n) is 3.78. The first-order valence-electron chi connectivity index (χ1n) is 10.6. The van der Waals surface area contributed by atoms with Crippen LogP contribution >= 0.6 is 0 Å². The Balaban J connectivity index is 1.62. The molecule has 0 aliphatic carbocycles. The first-order chi connectivity index (χ1) is 16.1. The Morgan fingerprint density at radius 3 is 2.52 bits per heavy atom. The monoisotopic (exact) mass is 435 g/mol. The highest BCUT2D eigenvalue weighted by molar-refractivity contribution is 6.02. The molecule has 1 heterocycles. The highest BCUT2D eigenvalue weighted by Crippen LogP contribution is 2.25. The van der Waals surface area contributed by atoms with Crippen molar-refractivity contribution in [3.05, 3.63) is 112 Å². The van der Waals surface area contributed by atoms with Gasteiger partial charge in [0.05, 0.1) is 17.1 Å². The molecule has 0 unspecified atom stereocenters. The average Bonchev–Trinajstić information content (AvgIpc) is 2.84. The molecule has 0 bridgehead atoms. The number of aromatic nitrogens is 2. The summed E-state index contributed by atoms with van der Waals surface area (Å²) in [5.74, 6) is 1.15. The van der Waals surface area contributed by atoms with Gasteiger partial charge in [-0.3, -0.25) is 4.79 Å². The van der Waals surface area contributed by atoms with Crippen LogP contribution in [0.15, 0.2) is 94.8 Å². The molecule has 6 heteroatoms. The van der Waals surface area contributed by atoms with Crippen LogP contribution in [0.3, 0.4) is 0 Å². The largest absolute Gasteiger partial charge is 0.507 e. The van der Waals surface area contributed by atoms with Gasteiger partial charge in [0.15, 0.2) is 5.82 Å². The molecule has 0 fully saturated rings. The molecule has 0 saturated carbocycles. The van der Waals surface area contributed by atoms with Gasteiger partial charge in [-0.05, 0) is 47.5 Å². The van der Waals surface area contributed by atoms with E-state index in [2.05, 4.69) is 10.1 Å². The number of phenolic OH excluding ortho intramolecular Hbond substituents is 1. The van der Waals surface area contributed by atoms with Crippen molar-refractivity contribution in [2.45, 2.75) is 13.5 Å². The Morgan fingerprint density at radius 2 is 1.67 bits per heavy atom. The predicted molar refractivity (Wildman–Crippen MR) is 130 cm³/mol. The van der Waals surface area contributed by atoms with E-state index in [1.54, 1.807) is 24.3 Å². The van der Waals surface area contributed by atoms with Crippen LogP contribution in [0.1, 0.15) is 17.0 Å². The molecule has 0 amide bonds. The zero-order chi connectivity index (χ0) is 22.8. The van der Waals surface area contributed by atoms with Crippen LogP contribution in [0.2, 0.25) is 0 Å². The van der Waals surface area contributed by atoms with Crippen LogP contribution in [0.4, 0.5) is 0 Å². The van der Waals surface area contributed by atoms with E-state index in [-0.39, 0.29) is 17.9 Å². The number of fused-ring (bicyclic) bond motifs is 2. The van der Waals surface area contributed by atoms with Crippen LogP contribution in [-0.2, 0) is 6.61 Å². The molecular weight excluding hydrogens is 414 g/mol. The summed E-state index contributed by atoms with van der Waals surface area (Å²) in [6.07, 6.45) is 1.49. The second kappa shape index (κ2) is 8.59. The minimum atomic E-state index is -0.306. The summed E-state index contributed by atoms with van der Waals surface area (Å²) in [7, 11) is 0. The third-order valence-electron chi connectivity index (χ3n) is 5.52. The lowest BCUT2D eigenvalue weighted by Gasteiger charge is -2.12. The van der Waals surface area contributed by atoms with E-state index < -0.39 is 0 Å². The summed E-state index contributed by atoms with van der Waals surface area (Å²) in [6.45, 7) is 2.02. The molecule has 0 spiro atoms. The Kier molecular flexibility index (Phi) is 5.32. The summed E-state index contributed by atoms with van der Waals surface area (Å²) < 4.78 is 7.21. The van der Waals surface area contributed by atoms with Crippen molar-refractivity contribution in [3.8, 4) is 11.5 Å². The predicted octanol–water partition coefficient (Wildman–Crippen LogP) is 5.02. The van der Waals surface area contributed by atoms with Crippen molar-refractivity contribution in [3.63, 3.8) is 0 Å². The maximum Gasteiger partial charge on any atom is 0.282 e. The maximum absolute atomic E-state index is 13.3. The average molecular weight is 435 g/mol. The van der Waals surface area contributed by atoms with Gasteiger partial charge < -0.3 is 9.84 Å². The molecule has 0 radical (unpaired) electrons. The van der Waals surface area contributed by atoms with Gasteiger partial charge in [0.25, 0.3) is 5.56 Å². The minimum absolute atomic E-state index is 0.0593. The van der Waals surface area contributed by atoms with E-state index in [0.717, 1.165) is 16.3 Å². The van der Waals surface area contributed by atoms with E-state index >= 15 is 0 Å². The first kappa shape index (κ1) is 20.5. The highest BCUT2D eigenvalue weighted by atomic mass is 16.5. The number of para-hydroxylation sites is 2. The van der Waals surface area contributed by atoms with Gasteiger partial charge in [-0.2, -0.15) is 9.78 Å². The van der Waals surface area contributed by atoms with E-state index in [1.807, 2.05) is 67.6 Å². The molecule has 5 aromatic rings. The van der Waals surface area contributed by atoms with Crippen molar-refractivity contribution >= 4 is 27.9 Å². The number of phenols is 1. The molecule has 0 saturated heterocycles. The lowest BCUT2D eigenvalue weighted by Crippen LogP contribution is -2.23. The van der Waals surface area contributed by atoms with Gasteiger partial charge in [0, 0.05) is 5.56 Å². The standard InChI is InChI=1S/C27H21N3O3/c1-18-8-2-7-13-25(18)33-17-26-29-23-12-6-5-11-21(23)27(32)30(26)28-16-22-20-10-4-3-9-19(20)14-15-24(22)31/h2-16,31H,17H2,1H3/b28-16-. The zero-order valence-corrected chi connectivity index (χ0v) is 18.0. The molecule has 4 aromatic carbocycles. The number of nitrogens with zero attached hydrogens (tertiary/aromatic N) is 3. The van der Waals surface area contributed by atoms with Gasteiger partial charge in [0.2, 0.25) is 0 Å². The number of aromatic hydroxyl groups is 1. The Labute approximate surface area is 190 Å². The zero-order valence-electron chi connectivity index (χ0n) is 18.0. The second-order valence-electron chi connectivity index (χ2n) is 7.68. The molecular formula is C27H21N3O3. The Bertz CT molecular complexity index is 1570. The second-order valence-corrected chi connectivity index (χ2v) is 7.68. The third-order valence-corrected chi connectivity index (χ3v) is 5.52. The van der Waals surface area contributed by atoms with Crippen LogP contribution in [0.5, 0.6) is 11.5 Å². The molecule has 0 atom stereocenters. The van der Waals surface area contributed by atoms with Gasteiger partial charge in [-0.25, -0.2) is 4.98 Å². The van der Waals surface area contributed by atoms with Crippen LogP contribution in [0.25, 0.3) is 21.7 Å². The number of ether oxygens (including phenoxy) is 1. The van der Waals surface area contributed by atoms with E-state index in [9.17, 15) is 9.90 Å². The SMILES string of the molecule is Cc1ccccc1OCc1nc2ccccc2c(=O)n1/N=C\c1c(O)ccc2ccccc12. The van der Waals surface area contributed by atoms with Gasteiger partial charge in [-0.1, -0.05) is 60.7 Å². The van der Waals surface area contributed by atoms with Gasteiger partial charge in [0.1, 0.15) is 18.1 Å². The van der Waals surface area contributed by atoms with Crippen LogP contribution < -0.4 is 10.3 Å². The molecule has 1 aromatic heterocycles. The van der Waals surface area contributed by atoms with Gasteiger partial charge >= 0.3 is 0 Å². The molecule has 1 N–H and O–H groups in total. The Hall–Kier alpha value is -4.45. The lowest BCUT2D eigenvalue weighted by molar-refractivity contribution is 0.287. The number of hydrogen-bond acceptors (Lipinski definition) is 5. The number of aryl methyl sites for hydroxylation is 1. The summed E-state index contributed by atoms with van der Waals surface area (Å²) in [5.41, 5.74) is 1.78. The van der Waals surface area contributed by atoms with Crippen molar-refractivity contribution in [2.75, 3.05) is 0 Å². The quantitative estimate of drug-likeness (QED) is 0.393. The van der Waals surface area contributed by atoms with E-state index in [1.165, 1.54) is 10.9 Å². The van der Waals surface area contributed by atoms with Crippen molar-refractivity contribution in [1.82, 2.24) is 9.66 Å². The maximum atomic E-state index is 13.3.